The summed E-state index contributed by atoms with van der Waals surface area (Å²) in [6.07, 6.45) is -7.80. The molecular weight excluding hydrogens is 628 g/mol. The van der Waals surface area contributed by atoms with Gasteiger partial charge in [-0.3, -0.25) is 9.69 Å². The fraction of sp³-hybridized carbons (Fsp3) is 0.565. The lowest BCUT2D eigenvalue weighted by Crippen LogP contribution is -2.47. The van der Waals surface area contributed by atoms with Crippen LogP contribution in [0.4, 0.5) is 31.1 Å². The van der Waals surface area contributed by atoms with Crippen molar-refractivity contribution < 1.29 is 50.2 Å². The zero-order valence-electron chi connectivity index (χ0n) is 20.9. The van der Waals surface area contributed by atoms with Gasteiger partial charge in [0.05, 0.1) is 30.3 Å². The van der Waals surface area contributed by atoms with Gasteiger partial charge in [-0.25, -0.2) is 18.7 Å². The summed E-state index contributed by atoms with van der Waals surface area (Å²) < 4.78 is 94.1. The zero-order chi connectivity index (χ0) is 29.7. The van der Waals surface area contributed by atoms with E-state index in [4.69, 9.17) is 21.1 Å². The molecule has 2 aromatic rings. The largest absolute Gasteiger partial charge is 0.464 e. The summed E-state index contributed by atoms with van der Waals surface area (Å²) in [6, 6.07) is -3.38. The number of Topliss-reactive ketones (excluding diaryl/α,β-unsaturated/α-hetero) is 1. The summed E-state index contributed by atoms with van der Waals surface area (Å²) >= 11 is 7.81. The molecule has 1 aromatic carbocycles. The maximum absolute atomic E-state index is 14.4. The highest BCUT2D eigenvalue weighted by Gasteiger charge is 2.47. The Kier molecular flexibility index (Phi) is 8.57. The van der Waals surface area contributed by atoms with Gasteiger partial charge in [0.2, 0.25) is 6.04 Å². The highest BCUT2D eigenvalue weighted by molar-refractivity contribution is 9.10. The summed E-state index contributed by atoms with van der Waals surface area (Å²) in [7, 11) is 0. The van der Waals surface area contributed by atoms with Crippen LogP contribution in [0.25, 0.3) is 10.9 Å². The second-order valence-corrected chi connectivity index (χ2v) is 11.0. The zero-order valence-corrected chi connectivity index (χ0v) is 23.3. The average Bonchev–Trinajstić information content (AvgIpc) is 3.34. The van der Waals surface area contributed by atoms with Gasteiger partial charge in [-0.15, -0.1) is 0 Å². The number of ketones is 1. The number of ether oxygens (including phenoxy) is 2. The molecule has 2 heterocycles. The SMILES string of the molecule is CCOC(=O)C(C(=O)C1CC(F)CN1C(=O)OC(C)(C)C)n1cc2c(C(F)(F)F)cc(Br)c(C(F)(F)Cl)c2n1. The van der Waals surface area contributed by atoms with Crippen molar-refractivity contribution in [2.45, 2.75) is 69.5 Å². The van der Waals surface area contributed by atoms with Crippen molar-refractivity contribution in [3.05, 3.63) is 27.9 Å². The Morgan fingerprint density at radius 2 is 1.82 bits per heavy atom. The summed E-state index contributed by atoms with van der Waals surface area (Å²) in [5, 5.41) is -1.36. The normalized spacial score (nSPS) is 19.3. The molecule has 1 aromatic heterocycles. The van der Waals surface area contributed by atoms with Crippen molar-refractivity contribution in [1.82, 2.24) is 14.7 Å². The van der Waals surface area contributed by atoms with Gasteiger partial charge in [-0.05, 0) is 45.4 Å². The van der Waals surface area contributed by atoms with Crippen molar-refractivity contribution in [2.24, 2.45) is 0 Å². The minimum absolute atomic E-state index is 0.278. The van der Waals surface area contributed by atoms with Crippen LogP contribution < -0.4 is 0 Å². The van der Waals surface area contributed by atoms with Crippen LogP contribution in [0.15, 0.2) is 16.7 Å². The molecule has 0 aliphatic carbocycles. The Morgan fingerprint density at radius 1 is 1.21 bits per heavy atom. The van der Waals surface area contributed by atoms with Crippen molar-refractivity contribution >= 4 is 56.3 Å². The Balaban J connectivity index is 2.20. The van der Waals surface area contributed by atoms with Gasteiger partial charge < -0.3 is 9.47 Å². The van der Waals surface area contributed by atoms with Crippen LogP contribution in [-0.4, -0.2) is 63.5 Å². The first-order valence-corrected chi connectivity index (χ1v) is 12.6. The van der Waals surface area contributed by atoms with E-state index in [9.17, 15) is 40.7 Å². The molecular formula is C23H23BrClF6N3O5. The Hall–Kier alpha value is -2.55. The van der Waals surface area contributed by atoms with E-state index in [1.165, 1.54) is 27.7 Å². The second kappa shape index (κ2) is 10.8. The van der Waals surface area contributed by atoms with E-state index in [0.29, 0.717) is 16.9 Å². The number of rotatable bonds is 6. The minimum atomic E-state index is -5.06. The summed E-state index contributed by atoms with van der Waals surface area (Å²) in [5.74, 6) is -2.48. The van der Waals surface area contributed by atoms with E-state index in [1.807, 2.05) is 0 Å². The molecule has 8 nitrogen and oxygen atoms in total. The van der Waals surface area contributed by atoms with Crippen LogP contribution in [0.1, 0.15) is 51.3 Å². The number of hydrogen-bond acceptors (Lipinski definition) is 6. The van der Waals surface area contributed by atoms with Gasteiger partial charge >= 0.3 is 23.6 Å². The average molecular weight is 651 g/mol. The Morgan fingerprint density at radius 3 is 2.33 bits per heavy atom. The van der Waals surface area contributed by atoms with Crippen LogP contribution in [0.5, 0.6) is 0 Å². The summed E-state index contributed by atoms with van der Waals surface area (Å²) in [6.45, 7) is 5.13. The fourth-order valence-electron chi connectivity index (χ4n) is 4.13. The topological polar surface area (TPSA) is 90.7 Å². The van der Waals surface area contributed by atoms with Crippen LogP contribution in [0.3, 0.4) is 0 Å². The number of benzene rings is 1. The maximum Gasteiger partial charge on any atom is 0.417 e. The molecule has 0 N–H and O–H groups in total. The van der Waals surface area contributed by atoms with Crippen LogP contribution in [-0.2, 0) is 30.6 Å². The van der Waals surface area contributed by atoms with Crippen molar-refractivity contribution in [2.75, 3.05) is 13.2 Å². The van der Waals surface area contributed by atoms with Gasteiger partial charge in [-0.2, -0.15) is 27.1 Å². The molecule has 1 aliphatic rings. The van der Waals surface area contributed by atoms with Gasteiger partial charge in [0.25, 0.3) is 0 Å². The predicted molar refractivity (Wildman–Crippen MR) is 129 cm³/mol. The number of alkyl halides is 7. The number of carbonyl (C=O) groups is 3. The predicted octanol–water partition coefficient (Wildman–Crippen LogP) is 6.13. The van der Waals surface area contributed by atoms with Gasteiger partial charge in [-0.1, -0.05) is 15.9 Å². The fourth-order valence-corrected chi connectivity index (χ4v) is 5.11. The van der Waals surface area contributed by atoms with Crippen LogP contribution in [0.2, 0.25) is 0 Å². The molecule has 16 heteroatoms. The molecule has 0 radical (unpaired) electrons. The molecule has 0 saturated carbocycles. The van der Waals surface area contributed by atoms with Crippen molar-refractivity contribution in [3.63, 3.8) is 0 Å². The monoisotopic (exact) mass is 649 g/mol. The first-order valence-electron chi connectivity index (χ1n) is 11.5. The third-order valence-electron chi connectivity index (χ3n) is 5.61. The highest BCUT2D eigenvalue weighted by atomic mass is 79.9. The van der Waals surface area contributed by atoms with Gasteiger partial charge in [0, 0.05) is 22.5 Å². The molecule has 3 unspecified atom stereocenters. The summed E-state index contributed by atoms with van der Waals surface area (Å²) in [5.41, 5.74) is -4.52. The van der Waals surface area contributed by atoms with E-state index < -0.39 is 92.7 Å². The third-order valence-corrected chi connectivity index (χ3v) is 6.42. The molecule has 1 saturated heterocycles. The second-order valence-electron chi connectivity index (χ2n) is 9.69. The van der Waals surface area contributed by atoms with Crippen LogP contribution >= 0.6 is 27.5 Å². The van der Waals surface area contributed by atoms with E-state index in [2.05, 4.69) is 21.0 Å². The molecule has 1 fully saturated rings. The molecule has 3 atom stereocenters. The highest BCUT2D eigenvalue weighted by Crippen LogP contribution is 2.46. The lowest BCUT2D eigenvalue weighted by molar-refractivity contribution is -0.152. The van der Waals surface area contributed by atoms with E-state index in [1.54, 1.807) is 0 Å². The third kappa shape index (κ3) is 6.61. The number of carbonyl (C=O) groups excluding carboxylic acids is 3. The number of nitrogens with zero attached hydrogens (tertiary/aromatic N) is 3. The number of hydrogen-bond donors (Lipinski definition) is 0. The summed E-state index contributed by atoms with van der Waals surface area (Å²) in [4.78, 5) is 39.9. The number of fused-ring (bicyclic) bond motifs is 1. The van der Waals surface area contributed by atoms with Crippen LogP contribution in [0, 0.1) is 0 Å². The lowest BCUT2D eigenvalue weighted by Gasteiger charge is -2.29. The number of aromatic nitrogens is 2. The van der Waals surface area contributed by atoms with Crippen molar-refractivity contribution in [1.29, 1.82) is 0 Å². The van der Waals surface area contributed by atoms with Gasteiger partial charge in [0.1, 0.15) is 17.3 Å². The van der Waals surface area contributed by atoms with E-state index in [0.717, 1.165) is 4.90 Å². The number of esters is 1. The number of amides is 1. The van der Waals surface area contributed by atoms with Crippen molar-refractivity contribution in [3.8, 4) is 0 Å². The number of halogens is 8. The minimum Gasteiger partial charge on any atom is -0.464 e. The number of likely N-dealkylation sites (tertiary alicyclic amines) is 1. The smallest absolute Gasteiger partial charge is 0.417 e. The Labute approximate surface area is 231 Å². The van der Waals surface area contributed by atoms with Gasteiger partial charge in [0.15, 0.2) is 5.78 Å². The molecule has 0 spiro atoms. The van der Waals surface area contributed by atoms with E-state index >= 15 is 0 Å². The Bertz CT molecular complexity index is 1290. The maximum atomic E-state index is 14.4. The lowest BCUT2D eigenvalue weighted by atomic mass is 10.0. The van der Waals surface area contributed by atoms with E-state index in [-0.39, 0.29) is 6.61 Å². The standard InChI is InChI=1S/C23H23BrClF6N3O5/c1-5-38-19(36)17(18(35)14-6-10(26)8-33(14)20(37)39-21(2,3)4)34-9-11-12(23(29,30)31)7-13(24)15(16(11)32-34)22(25,27)28/h7,9-10,14,17H,5-6,8H2,1-4H3. The first kappa shape index (κ1) is 31.0. The molecule has 39 heavy (non-hydrogen) atoms. The molecule has 1 aliphatic heterocycles. The quantitative estimate of drug-likeness (QED) is 0.162. The molecule has 216 valence electrons. The first-order chi connectivity index (χ1) is 17.8. The molecule has 3 rings (SSSR count). The molecule has 0 bridgehead atoms. The molecule has 1 amide bonds.